The first kappa shape index (κ1) is 22.0. The van der Waals surface area contributed by atoms with Gasteiger partial charge in [0.2, 0.25) is 20.0 Å². The van der Waals surface area contributed by atoms with E-state index in [2.05, 4.69) is 0 Å². The largest absolute Gasteiger partial charge is 0.243 e. The molecule has 0 unspecified atom stereocenters. The first-order chi connectivity index (χ1) is 13.8. The van der Waals surface area contributed by atoms with E-state index < -0.39 is 20.0 Å². The van der Waals surface area contributed by atoms with E-state index in [1.165, 1.54) is 32.9 Å². The molecular weight excluding hydrogens is 408 g/mol. The van der Waals surface area contributed by atoms with Crippen molar-refractivity contribution in [2.75, 3.05) is 26.2 Å². The standard InChI is InChI=1S/C21H28N2O4S2/c1-3-22(4-2)28(24,25)20-12-14-21(15-13-20)29(26,27)23-16-8-11-19(17-23)18-9-6-5-7-10-18/h5-7,9-10,12-15,19H,3-4,8,11,16-17H2,1-2H3/t19-/m1/s1. The Labute approximate surface area is 174 Å². The minimum atomic E-state index is -3.67. The Morgan fingerprint density at radius 1 is 0.897 bits per heavy atom. The Morgan fingerprint density at radius 3 is 2.07 bits per heavy atom. The van der Waals surface area contributed by atoms with Crippen LogP contribution in [0.2, 0.25) is 0 Å². The number of rotatable bonds is 7. The summed E-state index contributed by atoms with van der Waals surface area (Å²) in [5, 5.41) is 0. The zero-order valence-corrected chi connectivity index (χ0v) is 18.5. The SMILES string of the molecule is CCN(CC)S(=O)(=O)c1ccc(S(=O)(=O)N2CCC[C@@H](c3ccccc3)C2)cc1. The fraction of sp³-hybridized carbons (Fsp3) is 0.429. The van der Waals surface area contributed by atoms with Crippen LogP contribution in [-0.2, 0) is 20.0 Å². The molecule has 0 saturated carbocycles. The first-order valence-corrected chi connectivity index (χ1v) is 12.8. The minimum absolute atomic E-state index is 0.112. The highest BCUT2D eigenvalue weighted by Crippen LogP contribution is 2.30. The van der Waals surface area contributed by atoms with Crippen LogP contribution >= 0.6 is 0 Å². The van der Waals surface area contributed by atoms with Crippen LogP contribution in [0.25, 0.3) is 0 Å². The van der Waals surface area contributed by atoms with E-state index in [4.69, 9.17) is 0 Å². The third-order valence-corrected chi connectivity index (χ3v) is 9.40. The highest BCUT2D eigenvalue weighted by molar-refractivity contribution is 7.89. The molecule has 3 rings (SSSR count). The van der Waals surface area contributed by atoms with Gasteiger partial charge in [-0.1, -0.05) is 44.2 Å². The quantitative estimate of drug-likeness (QED) is 0.668. The van der Waals surface area contributed by atoms with Crippen molar-refractivity contribution in [2.45, 2.75) is 42.4 Å². The molecule has 1 aliphatic heterocycles. The minimum Gasteiger partial charge on any atom is -0.207 e. The van der Waals surface area contributed by atoms with Crippen LogP contribution in [0.1, 0.15) is 38.2 Å². The van der Waals surface area contributed by atoms with Gasteiger partial charge < -0.3 is 0 Å². The Balaban J connectivity index is 1.82. The van der Waals surface area contributed by atoms with E-state index in [0.29, 0.717) is 26.2 Å². The topological polar surface area (TPSA) is 74.8 Å². The second-order valence-electron chi connectivity index (χ2n) is 7.17. The molecule has 0 N–H and O–H groups in total. The molecule has 6 nitrogen and oxygen atoms in total. The van der Waals surface area contributed by atoms with Gasteiger partial charge in [0, 0.05) is 26.2 Å². The molecule has 29 heavy (non-hydrogen) atoms. The number of piperidine rings is 1. The molecule has 2 aromatic rings. The van der Waals surface area contributed by atoms with Crippen molar-refractivity contribution in [3.63, 3.8) is 0 Å². The Morgan fingerprint density at radius 2 is 1.48 bits per heavy atom. The van der Waals surface area contributed by atoms with E-state index in [1.54, 1.807) is 13.8 Å². The molecule has 1 fully saturated rings. The fourth-order valence-corrected chi connectivity index (χ4v) is 6.79. The maximum Gasteiger partial charge on any atom is 0.243 e. The molecule has 1 heterocycles. The zero-order valence-electron chi connectivity index (χ0n) is 16.9. The van der Waals surface area contributed by atoms with Crippen molar-refractivity contribution in [1.82, 2.24) is 8.61 Å². The van der Waals surface area contributed by atoms with Gasteiger partial charge in [-0.2, -0.15) is 8.61 Å². The van der Waals surface area contributed by atoms with Crippen molar-refractivity contribution in [1.29, 1.82) is 0 Å². The van der Waals surface area contributed by atoms with Crippen LogP contribution in [0.5, 0.6) is 0 Å². The lowest BCUT2D eigenvalue weighted by molar-refractivity contribution is 0.315. The van der Waals surface area contributed by atoms with Gasteiger partial charge in [0.25, 0.3) is 0 Å². The summed E-state index contributed by atoms with van der Waals surface area (Å²) in [6.07, 6.45) is 1.75. The molecule has 2 aromatic carbocycles. The van der Waals surface area contributed by atoms with Gasteiger partial charge in [0.15, 0.2) is 0 Å². The highest BCUT2D eigenvalue weighted by atomic mass is 32.2. The van der Waals surface area contributed by atoms with Crippen LogP contribution < -0.4 is 0 Å². The summed E-state index contributed by atoms with van der Waals surface area (Å²) < 4.78 is 54.4. The number of benzene rings is 2. The lowest BCUT2D eigenvalue weighted by Crippen LogP contribution is -2.39. The van der Waals surface area contributed by atoms with E-state index in [1.807, 2.05) is 30.3 Å². The van der Waals surface area contributed by atoms with Gasteiger partial charge in [-0.15, -0.1) is 0 Å². The molecule has 1 aliphatic rings. The van der Waals surface area contributed by atoms with Crippen molar-refractivity contribution in [3.8, 4) is 0 Å². The van der Waals surface area contributed by atoms with Gasteiger partial charge >= 0.3 is 0 Å². The van der Waals surface area contributed by atoms with Gasteiger partial charge in [-0.25, -0.2) is 16.8 Å². The van der Waals surface area contributed by atoms with Crippen LogP contribution in [0, 0.1) is 0 Å². The summed E-state index contributed by atoms with van der Waals surface area (Å²) in [6, 6.07) is 15.5. The second-order valence-corrected chi connectivity index (χ2v) is 11.0. The van der Waals surface area contributed by atoms with E-state index >= 15 is 0 Å². The highest BCUT2D eigenvalue weighted by Gasteiger charge is 2.31. The average Bonchev–Trinajstić information content (AvgIpc) is 2.75. The van der Waals surface area contributed by atoms with Crippen LogP contribution in [0.3, 0.4) is 0 Å². The Hall–Kier alpha value is -1.74. The van der Waals surface area contributed by atoms with Crippen LogP contribution in [0.15, 0.2) is 64.4 Å². The molecule has 1 saturated heterocycles. The maximum absolute atomic E-state index is 13.1. The van der Waals surface area contributed by atoms with Gasteiger partial charge in [-0.3, -0.25) is 0 Å². The maximum atomic E-state index is 13.1. The molecule has 0 aliphatic carbocycles. The summed E-state index contributed by atoms with van der Waals surface area (Å²) in [4.78, 5) is 0.241. The predicted molar refractivity (Wildman–Crippen MR) is 114 cm³/mol. The van der Waals surface area contributed by atoms with Crippen molar-refractivity contribution < 1.29 is 16.8 Å². The number of nitrogens with zero attached hydrogens (tertiary/aromatic N) is 2. The summed E-state index contributed by atoms with van der Waals surface area (Å²) in [7, 11) is -7.28. The third kappa shape index (κ3) is 4.55. The summed E-state index contributed by atoms with van der Waals surface area (Å²) in [6.45, 7) is 5.21. The molecule has 0 amide bonds. The Kier molecular flexibility index (Phi) is 6.78. The molecular formula is C21H28N2O4S2. The molecule has 0 bridgehead atoms. The van der Waals surface area contributed by atoms with E-state index in [9.17, 15) is 16.8 Å². The third-order valence-electron chi connectivity index (χ3n) is 5.46. The number of hydrogen-bond donors (Lipinski definition) is 0. The van der Waals surface area contributed by atoms with Crippen LogP contribution in [-0.4, -0.2) is 51.6 Å². The molecule has 158 valence electrons. The number of hydrogen-bond acceptors (Lipinski definition) is 4. The molecule has 8 heteroatoms. The summed E-state index contributed by atoms with van der Waals surface area (Å²) >= 11 is 0. The fourth-order valence-electron chi connectivity index (χ4n) is 3.80. The lowest BCUT2D eigenvalue weighted by Gasteiger charge is -2.32. The second kappa shape index (κ2) is 8.95. The zero-order chi connectivity index (χ0) is 21.1. The summed E-state index contributed by atoms with van der Waals surface area (Å²) in [5.41, 5.74) is 1.15. The summed E-state index contributed by atoms with van der Waals surface area (Å²) in [5.74, 6) is 0.169. The van der Waals surface area contributed by atoms with Crippen molar-refractivity contribution in [2.24, 2.45) is 0 Å². The first-order valence-electron chi connectivity index (χ1n) is 9.96. The van der Waals surface area contributed by atoms with Gasteiger partial charge in [-0.05, 0) is 48.6 Å². The van der Waals surface area contributed by atoms with Crippen LogP contribution in [0.4, 0.5) is 0 Å². The van der Waals surface area contributed by atoms with Gasteiger partial charge in [0.05, 0.1) is 9.79 Å². The van der Waals surface area contributed by atoms with Crippen molar-refractivity contribution in [3.05, 3.63) is 60.2 Å². The average molecular weight is 437 g/mol. The normalized spacial score (nSPS) is 18.8. The monoisotopic (exact) mass is 436 g/mol. The molecule has 0 radical (unpaired) electrons. The van der Waals surface area contributed by atoms with Gasteiger partial charge in [0.1, 0.15) is 0 Å². The molecule has 1 atom stereocenters. The van der Waals surface area contributed by atoms with E-state index in [0.717, 1.165) is 18.4 Å². The predicted octanol–water partition coefficient (Wildman–Crippen LogP) is 3.29. The van der Waals surface area contributed by atoms with Crippen molar-refractivity contribution >= 4 is 20.0 Å². The van der Waals surface area contributed by atoms with E-state index in [-0.39, 0.29) is 15.7 Å². The number of sulfonamides is 2. The lowest BCUT2D eigenvalue weighted by atomic mass is 9.92. The Bertz CT molecular complexity index is 1020. The smallest absolute Gasteiger partial charge is 0.207 e. The molecule has 0 spiro atoms. The molecule has 0 aromatic heterocycles.